The molecule has 0 bridgehead atoms. The zero-order valence-electron chi connectivity index (χ0n) is 21.1. The lowest BCUT2D eigenvalue weighted by Gasteiger charge is -2.47. The number of halogens is 7. The molecule has 2 heterocycles. The molecule has 11 heteroatoms. The molecule has 4 nitrogen and oxygen atoms in total. The van der Waals surface area contributed by atoms with E-state index in [4.69, 9.17) is 11.6 Å². The molecule has 0 aromatic heterocycles. The van der Waals surface area contributed by atoms with Crippen molar-refractivity contribution in [3.8, 4) is 0 Å². The third-order valence-electron chi connectivity index (χ3n) is 7.69. The first-order chi connectivity index (χ1) is 17.7. The van der Waals surface area contributed by atoms with E-state index in [-0.39, 0.29) is 31.1 Å². The van der Waals surface area contributed by atoms with Gasteiger partial charge in [0.25, 0.3) is 5.91 Å². The van der Waals surface area contributed by atoms with Crippen LogP contribution in [-0.2, 0) is 12.4 Å². The number of nitrogens with zero attached hydrogens (tertiary/aromatic N) is 3. The Labute approximate surface area is 223 Å². The summed E-state index contributed by atoms with van der Waals surface area (Å²) in [5.74, 6) is -1.01. The molecule has 2 atom stereocenters. The van der Waals surface area contributed by atoms with Crippen LogP contribution in [-0.4, -0.2) is 73.0 Å². The van der Waals surface area contributed by atoms with Crippen LogP contribution in [0.2, 0.25) is 5.02 Å². The number of carbonyl (C=O) groups excluding carboxylic acids is 1. The fourth-order valence-electron chi connectivity index (χ4n) is 5.59. The van der Waals surface area contributed by atoms with Crippen LogP contribution in [0.3, 0.4) is 0 Å². The smallest absolute Gasteiger partial charge is 0.338 e. The molecule has 2 aromatic rings. The maximum Gasteiger partial charge on any atom is 0.416 e. The minimum Gasteiger partial charge on any atom is -0.338 e. The average molecular weight is 562 g/mol. The molecule has 2 fully saturated rings. The number of hydrogen-bond donors (Lipinski definition) is 0. The van der Waals surface area contributed by atoms with Gasteiger partial charge in [-0.3, -0.25) is 9.69 Å². The molecule has 0 spiro atoms. The first kappa shape index (κ1) is 28.7. The summed E-state index contributed by atoms with van der Waals surface area (Å²) in [6.07, 6.45) is -7.51. The van der Waals surface area contributed by atoms with Crippen molar-refractivity contribution in [3.63, 3.8) is 0 Å². The second kappa shape index (κ2) is 11.1. The summed E-state index contributed by atoms with van der Waals surface area (Å²) in [6, 6.07) is 8.84. The van der Waals surface area contributed by atoms with E-state index in [9.17, 15) is 31.1 Å². The first-order valence-corrected chi connectivity index (χ1v) is 12.9. The van der Waals surface area contributed by atoms with Gasteiger partial charge in [-0.15, -0.1) is 0 Å². The van der Waals surface area contributed by atoms with Crippen LogP contribution >= 0.6 is 11.6 Å². The highest BCUT2D eigenvalue weighted by molar-refractivity contribution is 6.30. The van der Waals surface area contributed by atoms with Crippen molar-refractivity contribution in [2.75, 3.05) is 40.3 Å². The quantitative estimate of drug-likeness (QED) is 0.404. The molecular formula is C27H30ClF6N3O. The largest absolute Gasteiger partial charge is 0.416 e. The Morgan fingerprint density at radius 2 is 1.42 bits per heavy atom. The Kier molecular flexibility index (Phi) is 8.35. The van der Waals surface area contributed by atoms with Crippen molar-refractivity contribution in [2.45, 2.75) is 49.6 Å². The highest BCUT2D eigenvalue weighted by atomic mass is 35.5. The van der Waals surface area contributed by atoms with Crippen LogP contribution in [0.4, 0.5) is 26.3 Å². The molecule has 2 aliphatic rings. The zero-order valence-corrected chi connectivity index (χ0v) is 21.9. The van der Waals surface area contributed by atoms with E-state index in [2.05, 4.69) is 23.9 Å². The Morgan fingerprint density at radius 3 is 1.92 bits per heavy atom. The third kappa shape index (κ3) is 6.46. The molecular weight excluding hydrogens is 532 g/mol. The summed E-state index contributed by atoms with van der Waals surface area (Å²) in [6.45, 7) is 2.15. The van der Waals surface area contributed by atoms with Gasteiger partial charge in [-0.2, -0.15) is 26.3 Å². The highest BCUT2D eigenvalue weighted by Crippen LogP contribution is 2.38. The van der Waals surface area contributed by atoms with Gasteiger partial charge in [0.2, 0.25) is 0 Å². The molecule has 4 rings (SSSR count). The van der Waals surface area contributed by atoms with Crippen molar-refractivity contribution < 1.29 is 31.1 Å². The van der Waals surface area contributed by atoms with Crippen LogP contribution in [0.5, 0.6) is 0 Å². The number of benzene rings is 2. The Bertz CT molecular complexity index is 1090. The van der Waals surface area contributed by atoms with E-state index in [1.165, 1.54) is 4.90 Å². The lowest BCUT2D eigenvalue weighted by Crippen LogP contribution is -2.54. The molecule has 0 N–H and O–H groups in total. The van der Waals surface area contributed by atoms with Gasteiger partial charge in [-0.25, -0.2) is 0 Å². The van der Waals surface area contributed by atoms with Gasteiger partial charge in [0.05, 0.1) is 11.1 Å². The summed E-state index contributed by atoms with van der Waals surface area (Å²) in [5.41, 5.74) is -2.69. The fraction of sp³-hybridized carbons (Fsp3) is 0.519. The van der Waals surface area contributed by atoms with Gasteiger partial charge >= 0.3 is 12.4 Å². The average Bonchev–Trinajstić information content (AvgIpc) is 2.87. The molecule has 1 amide bonds. The van der Waals surface area contributed by atoms with Crippen LogP contribution < -0.4 is 0 Å². The Hall–Kier alpha value is -2.30. The minimum absolute atomic E-state index is 0.0386. The lowest BCUT2D eigenvalue weighted by molar-refractivity contribution is -0.143. The topological polar surface area (TPSA) is 26.8 Å². The number of carbonyl (C=O) groups is 1. The van der Waals surface area contributed by atoms with E-state index in [1.54, 1.807) is 12.1 Å². The van der Waals surface area contributed by atoms with E-state index in [1.807, 2.05) is 12.1 Å². The molecule has 0 saturated carbocycles. The van der Waals surface area contributed by atoms with Gasteiger partial charge in [0.1, 0.15) is 0 Å². The van der Waals surface area contributed by atoms with E-state index in [0.29, 0.717) is 29.6 Å². The molecule has 2 saturated heterocycles. The Balaban J connectivity index is 1.62. The summed E-state index contributed by atoms with van der Waals surface area (Å²) in [4.78, 5) is 19.3. The summed E-state index contributed by atoms with van der Waals surface area (Å²) >= 11 is 6.08. The zero-order chi connectivity index (χ0) is 27.8. The highest BCUT2D eigenvalue weighted by Gasteiger charge is 2.40. The van der Waals surface area contributed by atoms with Gasteiger partial charge < -0.3 is 9.80 Å². The van der Waals surface area contributed by atoms with Crippen molar-refractivity contribution in [1.82, 2.24) is 14.7 Å². The number of likely N-dealkylation sites (tertiary alicyclic amines) is 2. The van der Waals surface area contributed by atoms with Crippen molar-refractivity contribution in [2.24, 2.45) is 0 Å². The molecule has 208 valence electrons. The minimum atomic E-state index is -5.02. The van der Waals surface area contributed by atoms with E-state index < -0.39 is 35.0 Å². The van der Waals surface area contributed by atoms with Crippen molar-refractivity contribution in [1.29, 1.82) is 0 Å². The van der Waals surface area contributed by atoms with Gasteiger partial charge in [0, 0.05) is 41.7 Å². The van der Waals surface area contributed by atoms with Gasteiger partial charge in [0.15, 0.2) is 0 Å². The second-order valence-electron chi connectivity index (χ2n) is 10.3. The molecule has 2 aromatic carbocycles. The Morgan fingerprint density at radius 1 is 0.868 bits per heavy atom. The van der Waals surface area contributed by atoms with E-state index >= 15 is 0 Å². The molecule has 0 unspecified atom stereocenters. The van der Waals surface area contributed by atoms with Gasteiger partial charge in [-0.05, 0) is 82.3 Å². The maximum atomic E-state index is 13.4. The van der Waals surface area contributed by atoms with Crippen molar-refractivity contribution >= 4 is 17.5 Å². The number of alkyl halides is 6. The maximum absolute atomic E-state index is 13.4. The second-order valence-corrected chi connectivity index (χ2v) is 10.7. The van der Waals surface area contributed by atoms with Crippen LogP contribution in [0.25, 0.3) is 0 Å². The molecule has 0 radical (unpaired) electrons. The van der Waals surface area contributed by atoms with Crippen molar-refractivity contribution in [3.05, 3.63) is 69.7 Å². The molecule has 2 aliphatic heterocycles. The van der Waals surface area contributed by atoms with Crippen LogP contribution in [0, 0.1) is 0 Å². The summed E-state index contributed by atoms with van der Waals surface area (Å²) < 4.78 is 80.3. The predicted octanol–water partition coefficient (Wildman–Crippen LogP) is 6.40. The fourth-order valence-corrected chi connectivity index (χ4v) is 5.72. The predicted molar refractivity (Wildman–Crippen MR) is 133 cm³/mol. The summed E-state index contributed by atoms with van der Waals surface area (Å²) in [7, 11) is 4.11. The monoisotopic (exact) mass is 561 g/mol. The van der Waals surface area contributed by atoms with Crippen LogP contribution in [0.15, 0.2) is 42.5 Å². The number of amides is 1. The van der Waals surface area contributed by atoms with Gasteiger partial charge in [-0.1, -0.05) is 23.7 Å². The first-order valence-electron chi connectivity index (χ1n) is 12.5. The molecule has 38 heavy (non-hydrogen) atoms. The SMILES string of the molecule is CN(C)C1CCN([C@@H]2CCN(C(=O)c3cc(C(F)(F)F)cc(C(F)(F)F)c3)C[C@@H]2c2ccc(Cl)cc2)CC1. The number of piperidine rings is 2. The standard InChI is InChI=1S/C27H30ClF6N3O/c1-35(2)22-7-10-36(11-8-22)24-9-12-37(16-23(24)17-3-5-21(28)6-4-17)25(38)18-13-19(26(29,30)31)15-20(14-18)27(32,33)34/h3-6,13-15,22-24H,7-12,16H2,1-2H3/t23-,24-/m1/s1. The summed E-state index contributed by atoms with van der Waals surface area (Å²) in [5, 5.41) is 0.546. The number of hydrogen-bond acceptors (Lipinski definition) is 3. The normalized spacial score (nSPS) is 22.2. The van der Waals surface area contributed by atoms with Crippen LogP contribution in [0.1, 0.15) is 52.2 Å². The molecule has 0 aliphatic carbocycles. The number of rotatable bonds is 4. The third-order valence-corrected chi connectivity index (χ3v) is 7.95. The lowest BCUT2D eigenvalue weighted by atomic mass is 9.83. The van der Waals surface area contributed by atoms with E-state index in [0.717, 1.165) is 31.5 Å².